The van der Waals surface area contributed by atoms with Gasteiger partial charge >= 0.3 is 11.9 Å². The lowest BCUT2D eigenvalue weighted by atomic mass is 10.1. The zero-order valence-corrected chi connectivity index (χ0v) is 8.80. The fourth-order valence-electron chi connectivity index (χ4n) is 1.24. The number of carbonyl (C=O) groups is 2. The van der Waals surface area contributed by atoms with Crippen molar-refractivity contribution in [1.82, 2.24) is 0 Å². The average molecular weight is 220 g/mol. The van der Waals surface area contributed by atoms with Gasteiger partial charge in [-0.15, -0.1) is 0 Å². The molecule has 0 saturated heterocycles. The summed E-state index contributed by atoms with van der Waals surface area (Å²) in [6, 6.07) is 6.07. The third-order valence-corrected chi connectivity index (χ3v) is 2.15. The molecule has 0 aliphatic carbocycles. The van der Waals surface area contributed by atoms with Crippen LogP contribution < -0.4 is 0 Å². The van der Waals surface area contributed by atoms with E-state index in [2.05, 4.69) is 0 Å². The second-order valence-electron chi connectivity index (χ2n) is 3.26. The summed E-state index contributed by atoms with van der Waals surface area (Å²) in [4.78, 5) is 21.3. The van der Waals surface area contributed by atoms with Crippen LogP contribution in [0.5, 0.6) is 0 Å². The van der Waals surface area contributed by atoms with Gasteiger partial charge in [0.1, 0.15) is 0 Å². The van der Waals surface area contributed by atoms with Gasteiger partial charge in [0, 0.05) is 5.57 Å². The van der Waals surface area contributed by atoms with Crippen molar-refractivity contribution in [3.63, 3.8) is 0 Å². The highest BCUT2D eigenvalue weighted by molar-refractivity contribution is 5.92. The van der Waals surface area contributed by atoms with Gasteiger partial charge in [0.05, 0.1) is 5.56 Å². The lowest BCUT2D eigenvalue weighted by Gasteiger charge is -1.99. The monoisotopic (exact) mass is 220 g/mol. The van der Waals surface area contributed by atoms with Crippen molar-refractivity contribution in [2.75, 3.05) is 0 Å². The summed E-state index contributed by atoms with van der Waals surface area (Å²) in [5.74, 6) is -1.95. The van der Waals surface area contributed by atoms with Crippen LogP contribution in [0.2, 0.25) is 0 Å². The molecule has 0 fully saturated rings. The second-order valence-corrected chi connectivity index (χ2v) is 3.26. The van der Waals surface area contributed by atoms with E-state index >= 15 is 0 Å². The first kappa shape index (κ1) is 12.0. The van der Waals surface area contributed by atoms with Gasteiger partial charge < -0.3 is 10.2 Å². The predicted molar refractivity (Wildman–Crippen MR) is 59.3 cm³/mol. The lowest BCUT2D eigenvalue weighted by Crippen LogP contribution is -1.99. The van der Waals surface area contributed by atoms with Crippen LogP contribution in [0, 0.1) is 0 Å². The Morgan fingerprint density at radius 3 is 2.12 bits per heavy atom. The molecule has 1 aromatic rings. The van der Waals surface area contributed by atoms with Crippen LogP contribution in [0.25, 0.3) is 6.08 Å². The molecular formula is C12H12O4. The Morgan fingerprint density at radius 1 is 1.19 bits per heavy atom. The molecule has 0 aromatic heterocycles. The van der Waals surface area contributed by atoms with Gasteiger partial charge in [-0.3, -0.25) is 0 Å². The quantitative estimate of drug-likeness (QED) is 0.763. The highest BCUT2D eigenvalue weighted by Crippen LogP contribution is 2.11. The van der Waals surface area contributed by atoms with Crippen molar-refractivity contribution in [3.05, 3.63) is 41.0 Å². The highest BCUT2D eigenvalue weighted by atomic mass is 16.4. The molecule has 84 valence electrons. The zero-order valence-electron chi connectivity index (χ0n) is 8.80. The molecule has 0 atom stereocenters. The molecule has 4 nitrogen and oxygen atoms in total. The molecule has 0 amide bonds. The van der Waals surface area contributed by atoms with Crippen molar-refractivity contribution in [2.24, 2.45) is 0 Å². The van der Waals surface area contributed by atoms with Crippen molar-refractivity contribution >= 4 is 18.0 Å². The van der Waals surface area contributed by atoms with Gasteiger partial charge in [0.15, 0.2) is 0 Å². The van der Waals surface area contributed by atoms with E-state index in [1.165, 1.54) is 18.2 Å². The number of hydrogen-bond donors (Lipinski definition) is 2. The van der Waals surface area contributed by atoms with E-state index in [0.717, 1.165) is 0 Å². The summed E-state index contributed by atoms with van der Waals surface area (Å²) >= 11 is 0. The standard InChI is InChI=1S/C12H12O4/c1-2-9(11(13)14)7-8-3-5-10(6-4-8)12(15)16/h3-7H,2H2,1H3,(H,13,14)(H,15,16). The van der Waals surface area contributed by atoms with Crippen LogP contribution in [-0.2, 0) is 4.79 Å². The van der Waals surface area contributed by atoms with Crippen LogP contribution in [-0.4, -0.2) is 22.2 Å². The molecule has 4 heteroatoms. The van der Waals surface area contributed by atoms with Crippen molar-refractivity contribution in [1.29, 1.82) is 0 Å². The Morgan fingerprint density at radius 2 is 1.75 bits per heavy atom. The number of carboxylic acids is 2. The number of benzene rings is 1. The van der Waals surface area contributed by atoms with E-state index < -0.39 is 11.9 Å². The van der Waals surface area contributed by atoms with E-state index in [1.807, 2.05) is 0 Å². The Labute approximate surface area is 92.8 Å². The summed E-state index contributed by atoms with van der Waals surface area (Å²) in [7, 11) is 0. The average Bonchev–Trinajstić information content (AvgIpc) is 2.26. The summed E-state index contributed by atoms with van der Waals surface area (Å²) in [6.45, 7) is 1.76. The minimum Gasteiger partial charge on any atom is -0.478 e. The maximum atomic E-state index is 10.7. The van der Waals surface area contributed by atoms with Crippen LogP contribution in [0.3, 0.4) is 0 Å². The molecule has 0 radical (unpaired) electrons. The van der Waals surface area contributed by atoms with E-state index in [0.29, 0.717) is 17.6 Å². The maximum Gasteiger partial charge on any atom is 0.335 e. The van der Waals surface area contributed by atoms with Crippen LogP contribution >= 0.6 is 0 Å². The molecule has 1 rings (SSSR count). The Kier molecular flexibility index (Phi) is 3.83. The van der Waals surface area contributed by atoms with Crippen molar-refractivity contribution < 1.29 is 19.8 Å². The molecule has 0 aliphatic heterocycles. The third kappa shape index (κ3) is 2.95. The van der Waals surface area contributed by atoms with E-state index in [1.54, 1.807) is 19.1 Å². The van der Waals surface area contributed by atoms with Crippen LogP contribution in [0.15, 0.2) is 29.8 Å². The summed E-state index contributed by atoms with van der Waals surface area (Å²) < 4.78 is 0. The molecule has 0 aliphatic rings. The Balaban J connectivity index is 2.98. The minimum atomic E-state index is -0.996. The number of aromatic carboxylic acids is 1. The molecule has 0 saturated carbocycles. The lowest BCUT2D eigenvalue weighted by molar-refractivity contribution is -0.132. The fourth-order valence-corrected chi connectivity index (χ4v) is 1.24. The van der Waals surface area contributed by atoms with Crippen LogP contribution in [0.1, 0.15) is 29.3 Å². The summed E-state index contributed by atoms with van der Waals surface area (Å²) in [5.41, 5.74) is 1.16. The number of rotatable bonds is 4. The Hall–Kier alpha value is -2.10. The summed E-state index contributed by atoms with van der Waals surface area (Å²) in [5, 5.41) is 17.5. The van der Waals surface area contributed by atoms with E-state index in [4.69, 9.17) is 10.2 Å². The van der Waals surface area contributed by atoms with Gasteiger partial charge in [-0.25, -0.2) is 9.59 Å². The highest BCUT2D eigenvalue weighted by Gasteiger charge is 2.05. The first-order chi connectivity index (χ1) is 7.54. The molecule has 0 heterocycles. The Bertz CT molecular complexity index is 429. The molecular weight excluding hydrogens is 208 g/mol. The normalized spacial score (nSPS) is 11.2. The number of carboxylic acid groups (broad SMARTS) is 2. The fraction of sp³-hybridized carbons (Fsp3) is 0.167. The van der Waals surface area contributed by atoms with Crippen molar-refractivity contribution in [2.45, 2.75) is 13.3 Å². The van der Waals surface area contributed by atoms with Crippen molar-refractivity contribution in [3.8, 4) is 0 Å². The predicted octanol–water partition coefficient (Wildman–Crippen LogP) is 2.26. The molecule has 0 unspecified atom stereocenters. The molecule has 2 N–H and O–H groups in total. The van der Waals surface area contributed by atoms with Crippen LogP contribution in [0.4, 0.5) is 0 Å². The number of aliphatic carboxylic acids is 1. The first-order valence-corrected chi connectivity index (χ1v) is 4.81. The molecule has 0 bridgehead atoms. The van der Waals surface area contributed by atoms with E-state index in [9.17, 15) is 9.59 Å². The smallest absolute Gasteiger partial charge is 0.335 e. The van der Waals surface area contributed by atoms with Gasteiger partial charge in [-0.1, -0.05) is 19.1 Å². The molecule has 1 aromatic carbocycles. The SMILES string of the molecule is CCC(=Cc1ccc(C(=O)O)cc1)C(=O)O. The minimum absolute atomic E-state index is 0.186. The molecule has 16 heavy (non-hydrogen) atoms. The largest absolute Gasteiger partial charge is 0.478 e. The van der Waals surface area contributed by atoms with Gasteiger partial charge in [0.25, 0.3) is 0 Å². The first-order valence-electron chi connectivity index (χ1n) is 4.81. The van der Waals surface area contributed by atoms with Gasteiger partial charge in [-0.05, 0) is 30.2 Å². The van der Waals surface area contributed by atoms with Gasteiger partial charge in [0.2, 0.25) is 0 Å². The topological polar surface area (TPSA) is 74.6 Å². The van der Waals surface area contributed by atoms with Gasteiger partial charge in [-0.2, -0.15) is 0 Å². The third-order valence-electron chi connectivity index (χ3n) is 2.15. The zero-order chi connectivity index (χ0) is 12.1. The van der Waals surface area contributed by atoms with E-state index in [-0.39, 0.29) is 5.56 Å². The number of hydrogen-bond acceptors (Lipinski definition) is 2. The summed E-state index contributed by atoms with van der Waals surface area (Å²) in [6.07, 6.45) is 1.96. The molecule has 0 spiro atoms. The second kappa shape index (κ2) is 5.11. The maximum absolute atomic E-state index is 10.7.